The average molecular weight is 535 g/mol. The minimum Gasteiger partial charge on any atom is -0.488 e. The molecule has 3 atom stereocenters. The summed E-state index contributed by atoms with van der Waals surface area (Å²) in [5, 5.41) is 7.87. The van der Waals surface area contributed by atoms with Gasteiger partial charge in [0.25, 0.3) is 0 Å². The molecule has 3 unspecified atom stereocenters. The normalized spacial score (nSPS) is 21.9. The van der Waals surface area contributed by atoms with Crippen LogP contribution in [0.25, 0.3) is 44.6 Å². The second-order valence-electron chi connectivity index (χ2n) is 11.3. The smallest absolute Gasteiger partial charge is 0.344 e. The van der Waals surface area contributed by atoms with Gasteiger partial charge in [-0.15, -0.1) is 0 Å². The third-order valence-electron chi connectivity index (χ3n) is 8.52. The van der Waals surface area contributed by atoms with E-state index in [0.29, 0.717) is 29.4 Å². The first-order valence-electron chi connectivity index (χ1n) is 14.0. The largest absolute Gasteiger partial charge is 0.488 e. The van der Waals surface area contributed by atoms with Crippen molar-refractivity contribution in [2.45, 2.75) is 44.9 Å². The van der Waals surface area contributed by atoms with Crippen LogP contribution in [0.3, 0.4) is 0 Å². The second kappa shape index (κ2) is 9.18. The van der Waals surface area contributed by atoms with Gasteiger partial charge < -0.3 is 29.8 Å². The topological polar surface area (TPSA) is 121 Å². The van der Waals surface area contributed by atoms with Crippen molar-refractivity contribution in [1.29, 1.82) is 0 Å². The number of H-pyrrole nitrogens is 2. The van der Waals surface area contributed by atoms with Gasteiger partial charge in [-0.1, -0.05) is 25.1 Å². The van der Waals surface area contributed by atoms with Gasteiger partial charge in [0.05, 0.1) is 41.4 Å². The van der Waals surface area contributed by atoms with E-state index in [4.69, 9.17) is 9.15 Å². The zero-order valence-corrected chi connectivity index (χ0v) is 22.2. The first-order chi connectivity index (χ1) is 19.6. The molecule has 0 saturated carbocycles. The summed E-state index contributed by atoms with van der Waals surface area (Å²) in [5.74, 6) is 3.21. The van der Waals surface area contributed by atoms with Crippen LogP contribution < -0.4 is 21.0 Å². The van der Waals surface area contributed by atoms with E-state index in [1.54, 1.807) is 0 Å². The van der Waals surface area contributed by atoms with Crippen molar-refractivity contribution in [3.8, 4) is 39.4 Å². The van der Waals surface area contributed by atoms with Crippen molar-refractivity contribution in [2.75, 3.05) is 13.1 Å². The Morgan fingerprint density at radius 1 is 0.925 bits per heavy atom. The summed E-state index contributed by atoms with van der Waals surface area (Å²) in [7, 11) is 0. The highest BCUT2D eigenvalue weighted by molar-refractivity contribution is 5.91. The van der Waals surface area contributed by atoms with Crippen LogP contribution in [0.2, 0.25) is 0 Å². The number of ether oxygens (including phenoxy) is 1. The van der Waals surface area contributed by atoms with Crippen LogP contribution in [0, 0.1) is 5.92 Å². The molecule has 0 radical (unpaired) electrons. The highest BCUT2D eigenvalue weighted by Gasteiger charge is 2.27. The lowest BCUT2D eigenvalue weighted by Crippen LogP contribution is -2.15. The molecule has 202 valence electrons. The minimum absolute atomic E-state index is 0.252. The summed E-state index contributed by atoms with van der Waals surface area (Å²) in [4.78, 5) is 29.4. The SMILES string of the molecule is CC1CNC(c2ncc(-c3ccc4c(c3)OCc3c-4c(=O)oc4cc(-c5cnc(C6CCCN6)[nH]5)ccc34)[nH]2)C1. The van der Waals surface area contributed by atoms with Crippen LogP contribution in [-0.2, 0) is 6.61 Å². The van der Waals surface area contributed by atoms with Gasteiger partial charge in [-0.3, -0.25) is 0 Å². The third kappa shape index (κ3) is 3.88. The van der Waals surface area contributed by atoms with Crippen LogP contribution in [0.5, 0.6) is 5.75 Å². The summed E-state index contributed by atoms with van der Waals surface area (Å²) < 4.78 is 12.1. The highest BCUT2D eigenvalue weighted by atomic mass is 16.5. The van der Waals surface area contributed by atoms with Crippen molar-refractivity contribution in [1.82, 2.24) is 30.6 Å². The van der Waals surface area contributed by atoms with E-state index in [1.165, 1.54) is 0 Å². The number of benzene rings is 2. The molecule has 5 aromatic rings. The number of nitrogens with one attached hydrogen (secondary N) is 4. The fraction of sp³-hybridized carbons (Fsp3) is 0.323. The summed E-state index contributed by atoms with van der Waals surface area (Å²) in [6, 6.07) is 12.4. The Balaban J connectivity index is 1.12. The van der Waals surface area contributed by atoms with Crippen molar-refractivity contribution in [2.24, 2.45) is 5.92 Å². The summed E-state index contributed by atoms with van der Waals surface area (Å²) in [5.41, 5.74) is 6.07. The van der Waals surface area contributed by atoms with Gasteiger partial charge in [-0.2, -0.15) is 0 Å². The fourth-order valence-corrected chi connectivity index (χ4v) is 6.38. The van der Waals surface area contributed by atoms with Crippen molar-refractivity contribution in [3.63, 3.8) is 0 Å². The molecule has 40 heavy (non-hydrogen) atoms. The van der Waals surface area contributed by atoms with E-state index in [1.807, 2.05) is 48.8 Å². The minimum atomic E-state index is -0.359. The van der Waals surface area contributed by atoms with E-state index in [-0.39, 0.29) is 17.7 Å². The molecule has 3 aliphatic heterocycles. The fourth-order valence-electron chi connectivity index (χ4n) is 6.38. The van der Waals surface area contributed by atoms with Crippen LogP contribution in [0.15, 0.2) is 58.0 Å². The predicted octanol–water partition coefficient (Wildman–Crippen LogP) is 5.23. The number of hydrogen-bond donors (Lipinski definition) is 4. The molecule has 3 aliphatic rings. The number of fused-ring (bicyclic) bond motifs is 5. The average Bonchev–Trinajstić information content (AvgIpc) is 3.79. The first kappa shape index (κ1) is 23.7. The number of hydrogen-bond acceptors (Lipinski definition) is 7. The third-order valence-corrected chi connectivity index (χ3v) is 8.52. The lowest BCUT2D eigenvalue weighted by Gasteiger charge is -2.21. The lowest BCUT2D eigenvalue weighted by molar-refractivity contribution is 0.302. The van der Waals surface area contributed by atoms with E-state index >= 15 is 0 Å². The van der Waals surface area contributed by atoms with Gasteiger partial charge in [-0.25, -0.2) is 14.8 Å². The van der Waals surface area contributed by atoms with Crippen molar-refractivity contribution in [3.05, 3.63) is 76.4 Å². The Bertz CT molecular complexity index is 1810. The van der Waals surface area contributed by atoms with Gasteiger partial charge >= 0.3 is 5.63 Å². The van der Waals surface area contributed by atoms with E-state index in [2.05, 4.69) is 37.5 Å². The number of aromatic nitrogens is 4. The molecule has 2 aromatic carbocycles. The predicted molar refractivity (Wildman–Crippen MR) is 152 cm³/mol. The lowest BCUT2D eigenvalue weighted by atomic mass is 9.94. The number of imidazole rings is 2. The molecule has 6 heterocycles. The zero-order chi connectivity index (χ0) is 26.8. The van der Waals surface area contributed by atoms with Gasteiger partial charge in [0.2, 0.25) is 0 Å². The Morgan fingerprint density at radius 2 is 1.70 bits per heavy atom. The van der Waals surface area contributed by atoms with Gasteiger partial charge in [0.15, 0.2) is 0 Å². The molecule has 9 heteroatoms. The van der Waals surface area contributed by atoms with E-state index < -0.39 is 0 Å². The van der Waals surface area contributed by atoms with Gasteiger partial charge in [0.1, 0.15) is 29.6 Å². The standard InChI is InChI=1S/C31H30N6O3/c1-16-9-23(33-12-16)30-35-14-24(37-30)17-5-7-20-26(10-17)39-15-21-19-6-4-18(11-27(19)40-31(38)28(20)21)25-13-34-29(36-25)22-3-2-8-32-22/h4-7,10-11,13-14,16,22-23,32-33H,2-3,8-9,12,15H2,1H3,(H,34,36)(H,35,37). The van der Waals surface area contributed by atoms with Crippen LogP contribution in [-0.4, -0.2) is 33.0 Å². The van der Waals surface area contributed by atoms with Crippen LogP contribution >= 0.6 is 0 Å². The Morgan fingerprint density at radius 3 is 2.45 bits per heavy atom. The number of rotatable bonds is 4. The number of aromatic amines is 2. The molecule has 8 rings (SSSR count). The van der Waals surface area contributed by atoms with Crippen molar-refractivity contribution < 1.29 is 9.15 Å². The Hall–Kier alpha value is -4.21. The molecular weight excluding hydrogens is 504 g/mol. The molecule has 0 aliphatic carbocycles. The van der Waals surface area contributed by atoms with Gasteiger partial charge in [-0.05, 0) is 56.5 Å². The zero-order valence-electron chi connectivity index (χ0n) is 22.2. The maximum atomic E-state index is 13.3. The summed E-state index contributed by atoms with van der Waals surface area (Å²) in [6.07, 6.45) is 7.02. The van der Waals surface area contributed by atoms with E-state index in [0.717, 1.165) is 83.0 Å². The van der Waals surface area contributed by atoms with Crippen LogP contribution in [0.1, 0.15) is 55.5 Å². The monoisotopic (exact) mass is 534 g/mol. The molecule has 9 nitrogen and oxygen atoms in total. The Labute approximate surface area is 230 Å². The molecule has 3 aromatic heterocycles. The quantitative estimate of drug-likeness (QED) is 0.233. The van der Waals surface area contributed by atoms with E-state index in [9.17, 15) is 4.79 Å². The molecular formula is C31H30N6O3. The van der Waals surface area contributed by atoms with Crippen LogP contribution in [0.4, 0.5) is 0 Å². The summed E-state index contributed by atoms with van der Waals surface area (Å²) >= 11 is 0. The van der Waals surface area contributed by atoms with Crippen molar-refractivity contribution >= 4 is 11.0 Å². The Kier molecular flexibility index (Phi) is 5.43. The maximum Gasteiger partial charge on any atom is 0.344 e. The number of nitrogens with zero attached hydrogens (tertiary/aromatic N) is 2. The molecule has 0 amide bonds. The molecule has 2 saturated heterocycles. The second-order valence-corrected chi connectivity index (χ2v) is 11.3. The molecule has 4 N–H and O–H groups in total. The van der Waals surface area contributed by atoms with Gasteiger partial charge in [0, 0.05) is 27.6 Å². The maximum absolute atomic E-state index is 13.3. The summed E-state index contributed by atoms with van der Waals surface area (Å²) in [6.45, 7) is 4.57. The highest BCUT2D eigenvalue weighted by Crippen LogP contribution is 2.41. The molecule has 0 bridgehead atoms. The molecule has 0 spiro atoms. The first-order valence-corrected chi connectivity index (χ1v) is 14.0. The molecule has 2 fully saturated rings.